The standard InChI is InChI=1S/C19H17FN2OS/c1-13(19-21-16-8-3-4-9-17(16)24-19)22(2)18(23)11-10-14-6-5-7-15(20)12-14/h3-13H,1-2H3/b11-10+/t13-/m1/s1. The lowest BCUT2D eigenvalue weighted by Gasteiger charge is -2.21. The van der Waals surface area contributed by atoms with Gasteiger partial charge in [-0.05, 0) is 42.8 Å². The van der Waals surface area contributed by atoms with Gasteiger partial charge in [0.05, 0.1) is 16.3 Å². The first-order valence-electron chi connectivity index (χ1n) is 7.60. The number of likely N-dealkylation sites (N-methyl/N-ethyl adjacent to an activating group) is 1. The molecule has 0 radical (unpaired) electrons. The molecule has 1 heterocycles. The van der Waals surface area contributed by atoms with Gasteiger partial charge in [-0.3, -0.25) is 4.79 Å². The van der Waals surface area contributed by atoms with E-state index in [9.17, 15) is 9.18 Å². The van der Waals surface area contributed by atoms with Gasteiger partial charge in [-0.15, -0.1) is 11.3 Å². The summed E-state index contributed by atoms with van der Waals surface area (Å²) in [4.78, 5) is 18.6. The number of hydrogen-bond acceptors (Lipinski definition) is 3. The fourth-order valence-electron chi connectivity index (χ4n) is 2.32. The summed E-state index contributed by atoms with van der Waals surface area (Å²) in [6.07, 6.45) is 3.07. The molecule has 3 aromatic rings. The normalized spacial score (nSPS) is 12.6. The molecule has 1 amide bonds. The van der Waals surface area contributed by atoms with Crippen LogP contribution in [-0.4, -0.2) is 22.8 Å². The highest BCUT2D eigenvalue weighted by molar-refractivity contribution is 7.18. The lowest BCUT2D eigenvalue weighted by molar-refractivity contribution is -0.126. The summed E-state index contributed by atoms with van der Waals surface area (Å²) >= 11 is 1.59. The topological polar surface area (TPSA) is 33.2 Å². The molecule has 0 saturated carbocycles. The number of hydrogen-bond donors (Lipinski definition) is 0. The number of amides is 1. The van der Waals surface area contributed by atoms with E-state index in [-0.39, 0.29) is 17.8 Å². The minimum atomic E-state index is -0.319. The van der Waals surface area contributed by atoms with E-state index in [1.807, 2.05) is 31.2 Å². The zero-order chi connectivity index (χ0) is 17.1. The second-order valence-corrected chi connectivity index (χ2v) is 6.60. The van der Waals surface area contributed by atoms with Crippen molar-refractivity contribution in [3.8, 4) is 0 Å². The van der Waals surface area contributed by atoms with E-state index in [1.165, 1.54) is 18.2 Å². The molecule has 0 bridgehead atoms. The molecule has 3 rings (SSSR count). The van der Waals surface area contributed by atoms with E-state index in [0.717, 1.165) is 15.2 Å². The summed E-state index contributed by atoms with van der Waals surface area (Å²) < 4.78 is 14.3. The van der Waals surface area contributed by atoms with Crippen LogP contribution in [0.5, 0.6) is 0 Å². The lowest BCUT2D eigenvalue weighted by Crippen LogP contribution is -2.27. The van der Waals surface area contributed by atoms with Gasteiger partial charge in [0.1, 0.15) is 10.8 Å². The van der Waals surface area contributed by atoms with Crippen LogP contribution >= 0.6 is 11.3 Å². The number of thiazole rings is 1. The van der Waals surface area contributed by atoms with Gasteiger partial charge in [0, 0.05) is 13.1 Å². The average molecular weight is 340 g/mol. The molecule has 0 aliphatic rings. The predicted molar refractivity (Wildman–Crippen MR) is 96.2 cm³/mol. The van der Waals surface area contributed by atoms with E-state index in [4.69, 9.17) is 0 Å². The molecule has 0 aliphatic carbocycles. The fraction of sp³-hybridized carbons (Fsp3) is 0.158. The Balaban J connectivity index is 1.74. The Kier molecular flexibility index (Phi) is 4.71. The number of benzene rings is 2. The maximum atomic E-state index is 13.2. The number of aromatic nitrogens is 1. The van der Waals surface area contributed by atoms with Crippen LogP contribution in [0.2, 0.25) is 0 Å². The Morgan fingerprint density at radius 2 is 2.04 bits per heavy atom. The van der Waals surface area contributed by atoms with Crippen molar-refractivity contribution in [3.05, 3.63) is 71.0 Å². The molecule has 24 heavy (non-hydrogen) atoms. The van der Waals surface area contributed by atoms with Gasteiger partial charge in [-0.1, -0.05) is 24.3 Å². The Morgan fingerprint density at radius 1 is 1.25 bits per heavy atom. The zero-order valence-corrected chi connectivity index (χ0v) is 14.3. The van der Waals surface area contributed by atoms with E-state index < -0.39 is 0 Å². The van der Waals surface area contributed by atoms with Crippen molar-refractivity contribution in [2.75, 3.05) is 7.05 Å². The van der Waals surface area contributed by atoms with Crippen LogP contribution in [0.15, 0.2) is 54.6 Å². The van der Waals surface area contributed by atoms with Crippen LogP contribution in [0.1, 0.15) is 23.5 Å². The predicted octanol–water partition coefficient (Wildman–Crippen LogP) is 4.67. The molecule has 0 saturated heterocycles. The zero-order valence-electron chi connectivity index (χ0n) is 13.4. The minimum absolute atomic E-state index is 0.132. The molecule has 0 fully saturated rings. The van der Waals surface area contributed by atoms with E-state index in [2.05, 4.69) is 4.98 Å². The summed E-state index contributed by atoms with van der Waals surface area (Å²) in [5, 5.41) is 0.895. The lowest BCUT2D eigenvalue weighted by atomic mass is 10.2. The molecule has 0 aliphatic heterocycles. The van der Waals surface area contributed by atoms with Crippen molar-refractivity contribution in [2.45, 2.75) is 13.0 Å². The van der Waals surface area contributed by atoms with Crippen LogP contribution in [0.25, 0.3) is 16.3 Å². The van der Waals surface area contributed by atoms with Gasteiger partial charge in [0.15, 0.2) is 0 Å². The van der Waals surface area contributed by atoms with Crippen LogP contribution in [0.3, 0.4) is 0 Å². The van der Waals surface area contributed by atoms with Crippen LogP contribution in [0.4, 0.5) is 4.39 Å². The molecule has 122 valence electrons. The van der Waals surface area contributed by atoms with Crippen molar-refractivity contribution in [3.63, 3.8) is 0 Å². The molecule has 5 heteroatoms. The summed E-state index contributed by atoms with van der Waals surface area (Å²) in [6.45, 7) is 1.95. The van der Waals surface area contributed by atoms with Gasteiger partial charge < -0.3 is 4.90 Å². The van der Waals surface area contributed by atoms with Crippen molar-refractivity contribution in [2.24, 2.45) is 0 Å². The molecule has 3 nitrogen and oxygen atoms in total. The maximum absolute atomic E-state index is 13.2. The van der Waals surface area contributed by atoms with Gasteiger partial charge in [-0.2, -0.15) is 0 Å². The third kappa shape index (κ3) is 3.51. The molecular formula is C19H17FN2OS. The number of carbonyl (C=O) groups excluding carboxylic acids is 1. The number of carbonyl (C=O) groups is 1. The summed E-state index contributed by atoms with van der Waals surface area (Å²) in [5.41, 5.74) is 1.60. The SMILES string of the molecule is C[C@H](c1nc2ccccc2s1)N(C)C(=O)/C=C/c1cccc(F)c1. The molecule has 1 aromatic heterocycles. The van der Waals surface area contributed by atoms with E-state index >= 15 is 0 Å². The van der Waals surface area contributed by atoms with Crippen LogP contribution < -0.4 is 0 Å². The number of rotatable bonds is 4. The average Bonchev–Trinajstić information content (AvgIpc) is 3.02. The first-order chi connectivity index (χ1) is 11.5. The highest BCUT2D eigenvalue weighted by atomic mass is 32.1. The monoisotopic (exact) mass is 340 g/mol. The van der Waals surface area contributed by atoms with Crippen molar-refractivity contribution < 1.29 is 9.18 Å². The second-order valence-electron chi connectivity index (χ2n) is 5.53. The van der Waals surface area contributed by atoms with E-state index in [0.29, 0.717) is 5.56 Å². The van der Waals surface area contributed by atoms with E-state index in [1.54, 1.807) is 41.5 Å². The van der Waals surface area contributed by atoms with Crippen LogP contribution in [0, 0.1) is 5.82 Å². The first kappa shape index (κ1) is 16.3. The van der Waals surface area contributed by atoms with Gasteiger partial charge >= 0.3 is 0 Å². The van der Waals surface area contributed by atoms with Crippen molar-refractivity contribution in [1.82, 2.24) is 9.88 Å². The molecule has 1 atom stereocenters. The third-order valence-electron chi connectivity index (χ3n) is 3.86. The Bertz CT molecular complexity index is 870. The van der Waals surface area contributed by atoms with Gasteiger partial charge in [0.2, 0.25) is 5.91 Å². The molecule has 2 aromatic carbocycles. The molecule has 0 spiro atoms. The highest BCUT2D eigenvalue weighted by Gasteiger charge is 2.19. The Labute approximate surface area is 144 Å². The Morgan fingerprint density at radius 3 is 2.79 bits per heavy atom. The smallest absolute Gasteiger partial charge is 0.246 e. The maximum Gasteiger partial charge on any atom is 0.246 e. The third-order valence-corrected chi connectivity index (χ3v) is 5.07. The summed E-state index contributed by atoms with van der Waals surface area (Å²) in [7, 11) is 1.75. The number of nitrogens with zero attached hydrogens (tertiary/aromatic N) is 2. The largest absolute Gasteiger partial charge is 0.333 e. The summed E-state index contributed by atoms with van der Waals surface area (Å²) in [6, 6.07) is 13.9. The Hall–Kier alpha value is -2.53. The second kappa shape index (κ2) is 6.93. The summed E-state index contributed by atoms with van der Waals surface area (Å²) in [5.74, 6) is -0.466. The highest BCUT2D eigenvalue weighted by Crippen LogP contribution is 2.28. The number of para-hydroxylation sites is 1. The first-order valence-corrected chi connectivity index (χ1v) is 8.42. The van der Waals surface area contributed by atoms with Gasteiger partial charge in [-0.25, -0.2) is 9.37 Å². The van der Waals surface area contributed by atoms with Crippen molar-refractivity contribution >= 4 is 33.5 Å². The number of halogens is 1. The van der Waals surface area contributed by atoms with Crippen LogP contribution in [-0.2, 0) is 4.79 Å². The number of fused-ring (bicyclic) bond motifs is 1. The minimum Gasteiger partial charge on any atom is -0.333 e. The molecule has 0 unspecified atom stereocenters. The fourth-order valence-corrected chi connectivity index (χ4v) is 3.38. The quantitative estimate of drug-likeness (QED) is 0.647. The van der Waals surface area contributed by atoms with Gasteiger partial charge in [0.25, 0.3) is 0 Å². The van der Waals surface area contributed by atoms with Crippen molar-refractivity contribution in [1.29, 1.82) is 0 Å². The molecule has 0 N–H and O–H groups in total. The molecular weight excluding hydrogens is 323 g/mol.